The Morgan fingerprint density at radius 1 is 1.17 bits per heavy atom. The Balaban J connectivity index is 1.84. The predicted molar refractivity (Wildman–Crippen MR) is 52.1 cm³/mol. The van der Waals surface area contributed by atoms with Crippen molar-refractivity contribution in [3.63, 3.8) is 0 Å². The molecular weight excluding hydrogens is 146 g/mol. The van der Waals surface area contributed by atoms with Gasteiger partial charge in [0.25, 0.3) is 0 Å². The van der Waals surface area contributed by atoms with E-state index in [0.717, 1.165) is 17.3 Å². The molecule has 12 heavy (non-hydrogen) atoms. The molecule has 0 radical (unpaired) electrons. The molecule has 0 bridgehead atoms. The molecule has 0 unspecified atom stereocenters. The van der Waals surface area contributed by atoms with Gasteiger partial charge in [-0.3, -0.25) is 0 Å². The highest BCUT2D eigenvalue weighted by Gasteiger charge is 2.44. The first kappa shape index (κ1) is 8.55. The molecule has 2 rings (SSSR count). The van der Waals surface area contributed by atoms with Gasteiger partial charge in [-0.2, -0.15) is 0 Å². The van der Waals surface area contributed by atoms with Crippen molar-refractivity contribution in [3.8, 4) is 0 Å². The largest absolute Gasteiger partial charge is 0.317 e. The highest BCUT2D eigenvalue weighted by molar-refractivity contribution is 4.96. The van der Waals surface area contributed by atoms with Gasteiger partial charge in [-0.05, 0) is 56.0 Å². The zero-order valence-corrected chi connectivity index (χ0v) is 8.40. The van der Waals surface area contributed by atoms with Crippen molar-refractivity contribution >= 4 is 0 Å². The summed E-state index contributed by atoms with van der Waals surface area (Å²) in [6, 6.07) is 0. The molecule has 0 aromatic rings. The average molecular weight is 167 g/mol. The minimum atomic E-state index is 0.792. The second kappa shape index (κ2) is 3.02. The standard InChI is InChI=1S/C11H21N/c1-9(2)10-7-11(8-10)3-5-12-6-4-11/h9-10,12H,3-8H2,1-2H3. The van der Waals surface area contributed by atoms with Crippen molar-refractivity contribution in [2.75, 3.05) is 13.1 Å². The van der Waals surface area contributed by atoms with Gasteiger partial charge in [0.05, 0.1) is 0 Å². The summed E-state index contributed by atoms with van der Waals surface area (Å²) in [5, 5.41) is 3.45. The van der Waals surface area contributed by atoms with Gasteiger partial charge >= 0.3 is 0 Å². The molecule has 2 fully saturated rings. The lowest BCUT2D eigenvalue weighted by molar-refractivity contribution is -0.00191. The van der Waals surface area contributed by atoms with Crippen LogP contribution in [0.5, 0.6) is 0 Å². The van der Waals surface area contributed by atoms with Crippen molar-refractivity contribution in [2.45, 2.75) is 39.5 Å². The fraction of sp³-hybridized carbons (Fsp3) is 1.00. The Kier molecular flexibility index (Phi) is 2.16. The van der Waals surface area contributed by atoms with Crippen LogP contribution in [-0.4, -0.2) is 13.1 Å². The Hall–Kier alpha value is -0.0400. The second-order valence-corrected chi connectivity index (χ2v) is 5.16. The van der Waals surface area contributed by atoms with E-state index in [0.29, 0.717) is 0 Å². The maximum atomic E-state index is 3.45. The maximum Gasteiger partial charge on any atom is -0.00436 e. The fourth-order valence-corrected chi connectivity index (χ4v) is 2.89. The van der Waals surface area contributed by atoms with Crippen LogP contribution < -0.4 is 5.32 Å². The number of rotatable bonds is 1. The summed E-state index contributed by atoms with van der Waals surface area (Å²) in [4.78, 5) is 0. The summed E-state index contributed by atoms with van der Waals surface area (Å²) in [6.07, 6.45) is 5.92. The summed E-state index contributed by atoms with van der Waals surface area (Å²) >= 11 is 0. The van der Waals surface area contributed by atoms with E-state index >= 15 is 0 Å². The van der Waals surface area contributed by atoms with Gasteiger partial charge in [-0.1, -0.05) is 13.8 Å². The number of hydrogen-bond acceptors (Lipinski definition) is 1. The van der Waals surface area contributed by atoms with Crippen LogP contribution in [0.25, 0.3) is 0 Å². The maximum absolute atomic E-state index is 3.45. The first-order valence-corrected chi connectivity index (χ1v) is 5.43. The zero-order chi connectivity index (χ0) is 8.60. The minimum absolute atomic E-state index is 0.792. The topological polar surface area (TPSA) is 12.0 Å². The van der Waals surface area contributed by atoms with E-state index in [1.165, 1.54) is 38.8 Å². The molecule has 0 atom stereocenters. The summed E-state index contributed by atoms with van der Waals surface area (Å²) in [7, 11) is 0. The van der Waals surface area contributed by atoms with Crippen LogP contribution in [0.15, 0.2) is 0 Å². The van der Waals surface area contributed by atoms with Crippen molar-refractivity contribution in [1.29, 1.82) is 0 Å². The molecule has 1 N–H and O–H groups in total. The summed E-state index contributed by atoms with van der Waals surface area (Å²) in [5.74, 6) is 1.97. The lowest BCUT2D eigenvalue weighted by Gasteiger charge is -2.52. The molecule has 1 heterocycles. The zero-order valence-electron chi connectivity index (χ0n) is 8.40. The molecule has 1 nitrogen and oxygen atoms in total. The van der Waals surface area contributed by atoms with Gasteiger partial charge in [-0.25, -0.2) is 0 Å². The Labute approximate surface area is 75.9 Å². The van der Waals surface area contributed by atoms with Crippen LogP contribution in [0.3, 0.4) is 0 Å². The van der Waals surface area contributed by atoms with Crippen LogP contribution in [0.1, 0.15) is 39.5 Å². The third-order valence-corrected chi connectivity index (χ3v) is 4.00. The van der Waals surface area contributed by atoms with Gasteiger partial charge in [0, 0.05) is 0 Å². The van der Waals surface area contributed by atoms with E-state index in [1.807, 2.05) is 0 Å². The Morgan fingerprint density at radius 3 is 2.25 bits per heavy atom. The molecular formula is C11H21N. The molecule has 1 spiro atoms. The van der Waals surface area contributed by atoms with Gasteiger partial charge in [0.1, 0.15) is 0 Å². The number of nitrogens with one attached hydrogen (secondary N) is 1. The van der Waals surface area contributed by atoms with Crippen LogP contribution in [0, 0.1) is 17.3 Å². The van der Waals surface area contributed by atoms with Crippen LogP contribution in [-0.2, 0) is 0 Å². The summed E-state index contributed by atoms with van der Waals surface area (Å²) in [5.41, 5.74) is 0.792. The molecule has 70 valence electrons. The summed E-state index contributed by atoms with van der Waals surface area (Å²) < 4.78 is 0. The second-order valence-electron chi connectivity index (χ2n) is 5.16. The van der Waals surface area contributed by atoms with Crippen LogP contribution >= 0.6 is 0 Å². The SMILES string of the molecule is CC(C)C1CC2(CCNCC2)C1. The average Bonchev–Trinajstić information content (AvgIpc) is 2.01. The molecule has 2 aliphatic rings. The number of hydrogen-bond donors (Lipinski definition) is 1. The van der Waals surface area contributed by atoms with Crippen molar-refractivity contribution in [2.24, 2.45) is 17.3 Å². The van der Waals surface area contributed by atoms with Crippen molar-refractivity contribution in [3.05, 3.63) is 0 Å². The third-order valence-electron chi connectivity index (χ3n) is 4.00. The van der Waals surface area contributed by atoms with Gasteiger partial charge in [0.15, 0.2) is 0 Å². The van der Waals surface area contributed by atoms with E-state index in [-0.39, 0.29) is 0 Å². The fourth-order valence-electron chi connectivity index (χ4n) is 2.89. The molecule has 0 aromatic heterocycles. The first-order valence-electron chi connectivity index (χ1n) is 5.43. The summed E-state index contributed by atoms with van der Waals surface area (Å²) in [6.45, 7) is 7.28. The van der Waals surface area contributed by atoms with Gasteiger partial charge < -0.3 is 5.32 Å². The predicted octanol–water partition coefficient (Wildman–Crippen LogP) is 2.42. The molecule has 1 aliphatic carbocycles. The third kappa shape index (κ3) is 1.39. The van der Waals surface area contributed by atoms with Crippen LogP contribution in [0.2, 0.25) is 0 Å². The molecule has 0 aromatic carbocycles. The molecule has 0 amide bonds. The Morgan fingerprint density at radius 2 is 1.75 bits per heavy atom. The van der Waals surface area contributed by atoms with E-state index < -0.39 is 0 Å². The quantitative estimate of drug-likeness (QED) is 0.632. The first-order chi connectivity index (χ1) is 5.72. The number of piperidine rings is 1. The Bertz CT molecular complexity index is 148. The van der Waals surface area contributed by atoms with Crippen molar-refractivity contribution < 1.29 is 0 Å². The minimum Gasteiger partial charge on any atom is -0.317 e. The molecule has 1 heteroatoms. The van der Waals surface area contributed by atoms with E-state index in [4.69, 9.17) is 0 Å². The highest BCUT2D eigenvalue weighted by Crippen LogP contribution is 2.53. The normalized spacial score (nSPS) is 29.2. The molecule has 1 aliphatic heterocycles. The smallest absolute Gasteiger partial charge is 0.00436 e. The van der Waals surface area contributed by atoms with Gasteiger partial charge in [-0.15, -0.1) is 0 Å². The molecule has 1 saturated heterocycles. The van der Waals surface area contributed by atoms with E-state index in [1.54, 1.807) is 0 Å². The highest BCUT2D eigenvalue weighted by atomic mass is 14.9. The lowest BCUT2D eigenvalue weighted by atomic mass is 9.55. The monoisotopic (exact) mass is 167 g/mol. The molecule has 1 saturated carbocycles. The van der Waals surface area contributed by atoms with Crippen molar-refractivity contribution in [1.82, 2.24) is 5.32 Å². The lowest BCUT2D eigenvalue weighted by Crippen LogP contribution is -2.46. The van der Waals surface area contributed by atoms with E-state index in [2.05, 4.69) is 19.2 Å². The van der Waals surface area contributed by atoms with E-state index in [9.17, 15) is 0 Å². The van der Waals surface area contributed by atoms with Crippen LogP contribution in [0.4, 0.5) is 0 Å². The van der Waals surface area contributed by atoms with Gasteiger partial charge in [0.2, 0.25) is 0 Å².